The minimum Gasteiger partial charge on any atom is -0.347 e. The van der Waals surface area contributed by atoms with Gasteiger partial charge in [-0.25, -0.2) is 4.68 Å². The van der Waals surface area contributed by atoms with Gasteiger partial charge in [0.25, 0.3) is 5.91 Å². The zero-order valence-electron chi connectivity index (χ0n) is 12.9. The van der Waals surface area contributed by atoms with Crippen LogP contribution in [0.15, 0.2) is 48.7 Å². The number of hydrogen-bond donors (Lipinski definition) is 1. The summed E-state index contributed by atoms with van der Waals surface area (Å²) in [5.41, 5.74) is 4.05. The smallest absolute Gasteiger partial charge is 0.272 e. The number of carbonyl (C=O) groups is 1. The molecule has 3 rings (SSSR count). The van der Waals surface area contributed by atoms with Crippen molar-refractivity contribution in [3.63, 3.8) is 0 Å². The van der Waals surface area contributed by atoms with Crippen molar-refractivity contribution in [1.29, 1.82) is 0 Å². The summed E-state index contributed by atoms with van der Waals surface area (Å²) >= 11 is 0. The number of nitrogens with one attached hydrogen (secondary N) is 1. The molecule has 2 heterocycles. The first kappa shape index (κ1) is 14.1. The highest BCUT2D eigenvalue weighted by Gasteiger charge is 2.17. The van der Waals surface area contributed by atoms with Crippen LogP contribution in [0.2, 0.25) is 0 Å². The Morgan fingerprint density at radius 1 is 1.09 bits per heavy atom. The fourth-order valence-corrected chi connectivity index (χ4v) is 2.52. The Balaban J connectivity index is 1.94. The number of benzene rings is 1. The highest BCUT2D eigenvalue weighted by atomic mass is 16.2. The number of aromatic nitrogens is 3. The van der Waals surface area contributed by atoms with Gasteiger partial charge in [-0.2, -0.15) is 5.10 Å². The van der Waals surface area contributed by atoms with E-state index in [1.165, 1.54) is 0 Å². The van der Waals surface area contributed by atoms with E-state index in [0.29, 0.717) is 5.69 Å². The SMILES string of the molecule is Cc1nn(-c2ccccc2)c(C)c1NC(=O)c1cccn1C. The van der Waals surface area contributed by atoms with Crippen molar-refractivity contribution in [1.82, 2.24) is 14.3 Å². The zero-order chi connectivity index (χ0) is 15.7. The molecule has 0 atom stereocenters. The first-order chi connectivity index (χ1) is 10.6. The van der Waals surface area contributed by atoms with Gasteiger partial charge in [-0.15, -0.1) is 0 Å². The van der Waals surface area contributed by atoms with Crippen LogP contribution in [-0.2, 0) is 7.05 Å². The molecule has 0 aliphatic rings. The number of amides is 1. The zero-order valence-corrected chi connectivity index (χ0v) is 12.9. The van der Waals surface area contributed by atoms with Crippen molar-refractivity contribution in [2.45, 2.75) is 13.8 Å². The Kier molecular flexibility index (Phi) is 3.55. The van der Waals surface area contributed by atoms with Crippen LogP contribution in [0.1, 0.15) is 21.9 Å². The van der Waals surface area contributed by atoms with Crippen LogP contribution >= 0.6 is 0 Å². The molecule has 0 unspecified atom stereocenters. The van der Waals surface area contributed by atoms with Crippen LogP contribution in [-0.4, -0.2) is 20.3 Å². The van der Waals surface area contributed by atoms with Crippen LogP contribution in [0.3, 0.4) is 0 Å². The van der Waals surface area contributed by atoms with Gasteiger partial charge in [-0.1, -0.05) is 18.2 Å². The Bertz CT molecular complexity index is 815. The van der Waals surface area contributed by atoms with Gasteiger partial charge in [0.2, 0.25) is 0 Å². The van der Waals surface area contributed by atoms with Gasteiger partial charge >= 0.3 is 0 Å². The van der Waals surface area contributed by atoms with Crippen molar-refractivity contribution >= 4 is 11.6 Å². The van der Waals surface area contributed by atoms with E-state index in [9.17, 15) is 4.79 Å². The summed E-state index contributed by atoms with van der Waals surface area (Å²) < 4.78 is 3.64. The lowest BCUT2D eigenvalue weighted by Gasteiger charge is -2.07. The van der Waals surface area contributed by atoms with E-state index in [2.05, 4.69) is 10.4 Å². The van der Waals surface area contributed by atoms with Crippen molar-refractivity contribution in [2.75, 3.05) is 5.32 Å². The van der Waals surface area contributed by atoms with Gasteiger partial charge in [-0.3, -0.25) is 4.79 Å². The second-order valence-corrected chi connectivity index (χ2v) is 5.25. The average Bonchev–Trinajstić information content (AvgIpc) is 3.06. The van der Waals surface area contributed by atoms with Crippen LogP contribution in [0.25, 0.3) is 5.69 Å². The monoisotopic (exact) mass is 294 g/mol. The lowest BCUT2D eigenvalue weighted by molar-refractivity contribution is 0.101. The number of aryl methyl sites for hydroxylation is 2. The third kappa shape index (κ3) is 2.41. The van der Waals surface area contributed by atoms with Crippen LogP contribution in [0, 0.1) is 13.8 Å². The highest BCUT2D eigenvalue weighted by Crippen LogP contribution is 2.23. The number of rotatable bonds is 3. The Morgan fingerprint density at radius 3 is 2.45 bits per heavy atom. The molecule has 0 aliphatic heterocycles. The van der Waals surface area contributed by atoms with Gasteiger partial charge in [0, 0.05) is 13.2 Å². The first-order valence-electron chi connectivity index (χ1n) is 7.12. The van der Waals surface area contributed by atoms with Gasteiger partial charge < -0.3 is 9.88 Å². The topological polar surface area (TPSA) is 51.9 Å². The molecular formula is C17H18N4O. The van der Waals surface area contributed by atoms with E-state index in [4.69, 9.17) is 0 Å². The van der Waals surface area contributed by atoms with E-state index >= 15 is 0 Å². The molecule has 0 saturated heterocycles. The minimum absolute atomic E-state index is 0.133. The molecule has 0 bridgehead atoms. The standard InChI is InChI=1S/C17H18N4O/c1-12-16(18-17(22)15-10-7-11-20(15)3)13(2)21(19-12)14-8-5-4-6-9-14/h4-11H,1-3H3,(H,18,22). The van der Waals surface area contributed by atoms with Crippen molar-refractivity contribution < 1.29 is 4.79 Å². The lowest BCUT2D eigenvalue weighted by atomic mass is 10.2. The van der Waals surface area contributed by atoms with Gasteiger partial charge in [0.05, 0.1) is 22.8 Å². The molecule has 112 valence electrons. The molecule has 0 spiro atoms. The highest BCUT2D eigenvalue weighted by molar-refractivity contribution is 6.03. The third-order valence-electron chi connectivity index (χ3n) is 3.71. The molecule has 0 saturated carbocycles. The first-order valence-corrected chi connectivity index (χ1v) is 7.12. The summed E-state index contributed by atoms with van der Waals surface area (Å²) in [5.74, 6) is -0.133. The van der Waals surface area contributed by atoms with E-state index in [1.807, 2.05) is 68.2 Å². The molecule has 5 heteroatoms. The molecular weight excluding hydrogens is 276 g/mol. The number of nitrogens with zero attached hydrogens (tertiary/aromatic N) is 3. The van der Waals surface area contributed by atoms with Crippen molar-refractivity contribution in [3.05, 3.63) is 65.7 Å². The molecule has 0 aliphatic carbocycles. The van der Waals surface area contributed by atoms with Gasteiger partial charge in [-0.05, 0) is 38.1 Å². The normalized spacial score (nSPS) is 10.7. The number of hydrogen-bond acceptors (Lipinski definition) is 2. The Hall–Kier alpha value is -2.82. The van der Waals surface area contributed by atoms with Gasteiger partial charge in [0.1, 0.15) is 5.69 Å². The number of carbonyl (C=O) groups excluding carboxylic acids is 1. The molecule has 2 aromatic heterocycles. The van der Waals surface area contributed by atoms with Crippen molar-refractivity contribution in [3.8, 4) is 5.69 Å². The quantitative estimate of drug-likeness (QED) is 0.807. The fraction of sp³-hybridized carbons (Fsp3) is 0.176. The number of anilines is 1. The molecule has 0 radical (unpaired) electrons. The second kappa shape index (κ2) is 5.52. The molecule has 1 amide bonds. The van der Waals surface area contributed by atoms with E-state index in [1.54, 1.807) is 10.6 Å². The predicted molar refractivity (Wildman–Crippen MR) is 86.4 cm³/mol. The summed E-state index contributed by atoms with van der Waals surface area (Å²) in [4.78, 5) is 12.4. The third-order valence-corrected chi connectivity index (χ3v) is 3.71. The van der Waals surface area contributed by atoms with Crippen LogP contribution < -0.4 is 5.32 Å². The Labute approximate surface area is 129 Å². The summed E-state index contributed by atoms with van der Waals surface area (Å²) in [7, 11) is 1.85. The molecule has 5 nitrogen and oxygen atoms in total. The molecule has 22 heavy (non-hydrogen) atoms. The summed E-state index contributed by atoms with van der Waals surface area (Å²) in [5, 5.41) is 7.50. The molecule has 1 aromatic carbocycles. The minimum atomic E-state index is -0.133. The summed E-state index contributed by atoms with van der Waals surface area (Å²) in [6.45, 7) is 3.85. The van der Waals surface area contributed by atoms with E-state index in [0.717, 1.165) is 22.8 Å². The maximum Gasteiger partial charge on any atom is 0.272 e. The van der Waals surface area contributed by atoms with Crippen LogP contribution in [0.4, 0.5) is 5.69 Å². The van der Waals surface area contributed by atoms with E-state index in [-0.39, 0.29) is 5.91 Å². The lowest BCUT2D eigenvalue weighted by Crippen LogP contribution is -2.16. The predicted octanol–water partition coefficient (Wildman–Crippen LogP) is 3.08. The fourth-order valence-electron chi connectivity index (χ4n) is 2.52. The maximum absolute atomic E-state index is 12.4. The summed E-state index contributed by atoms with van der Waals surface area (Å²) in [6, 6.07) is 13.5. The molecule has 3 aromatic rings. The van der Waals surface area contributed by atoms with Crippen LogP contribution in [0.5, 0.6) is 0 Å². The molecule has 1 N–H and O–H groups in total. The second-order valence-electron chi connectivity index (χ2n) is 5.25. The van der Waals surface area contributed by atoms with Gasteiger partial charge in [0.15, 0.2) is 0 Å². The average molecular weight is 294 g/mol. The summed E-state index contributed by atoms with van der Waals surface area (Å²) in [6.07, 6.45) is 1.85. The maximum atomic E-state index is 12.4. The molecule has 0 fully saturated rings. The Morgan fingerprint density at radius 2 is 1.82 bits per heavy atom. The number of para-hydroxylation sites is 1. The van der Waals surface area contributed by atoms with E-state index < -0.39 is 0 Å². The largest absolute Gasteiger partial charge is 0.347 e. The van der Waals surface area contributed by atoms with Crippen molar-refractivity contribution in [2.24, 2.45) is 7.05 Å².